The monoisotopic (exact) mass is 294 g/mol. The van der Waals surface area contributed by atoms with E-state index in [0.717, 1.165) is 0 Å². The van der Waals surface area contributed by atoms with Crippen molar-refractivity contribution in [3.63, 3.8) is 0 Å². The molecule has 0 aromatic heterocycles. The Morgan fingerprint density at radius 1 is 1.47 bits per heavy atom. The summed E-state index contributed by atoms with van der Waals surface area (Å²) in [5, 5.41) is 13.5. The summed E-state index contributed by atoms with van der Waals surface area (Å²) in [6, 6.07) is -2.34. The molecule has 1 aliphatic rings. The van der Waals surface area contributed by atoms with Gasteiger partial charge in [-0.2, -0.15) is 0 Å². The Kier molecular flexibility index (Phi) is 5.55. The third-order valence-electron chi connectivity index (χ3n) is 2.74. The van der Waals surface area contributed by atoms with Gasteiger partial charge in [-0.25, -0.2) is 18.0 Å². The first-order valence-corrected chi connectivity index (χ1v) is 7.65. The zero-order chi connectivity index (χ0) is 14.5. The maximum absolute atomic E-state index is 11.6. The summed E-state index contributed by atoms with van der Waals surface area (Å²) in [5.41, 5.74) is 0. The Balaban J connectivity index is 2.48. The molecule has 1 rings (SSSR count). The van der Waals surface area contributed by atoms with Gasteiger partial charge in [0.2, 0.25) is 0 Å². The molecule has 0 aromatic carbocycles. The second kappa shape index (κ2) is 6.71. The molecule has 110 valence electrons. The van der Waals surface area contributed by atoms with Gasteiger partial charge in [-0.05, 0) is 12.8 Å². The predicted octanol–water partition coefficient (Wildman–Crippen LogP) is -1.04. The van der Waals surface area contributed by atoms with E-state index >= 15 is 0 Å². The summed E-state index contributed by atoms with van der Waals surface area (Å²) >= 11 is 0. The number of methoxy groups -OCH3 is 1. The average molecular weight is 294 g/mol. The first-order valence-electron chi connectivity index (χ1n) is 5.83. The molecule has 0 bridgehead atoms. The van der Waals surface area contributed by atoms with Crippen LogP contribution in [0.5, 0.6) is 0 Å². The molecule has 0 saturated carbocycles. The summed E-state index contributed by atoms with van der Waals surface area (Å²) in [7, 11) is -1.79. The van der Waals surface area contributed by atoms with E-state index in [0.29, 0.717) is 12.8 Å². The third kappa shape index (κ3) is 5.43. The van der Waals surface area contributed by atoms with Crippen LogP contribution >= 0.6 is 0 Å². The van der Waals surface area contributed by atoms with E-state index in [1.54, 1.807) is 0 Å². The number of nitrogens with one attached hydrogen (secondary N) is 2. The number of rotatable bonds is 5. The number of ether oxygens (including phenoxy) is 1. The van der Waals surface area contributed by atoms with Crippen molar-refractivity contribution in [3.05, 3.63) is 0 Å². The Morgan fingerprint density at radius 3 is 2.68 bits per heavy atom. The largest absolute Gasteiger partial charge is 0.480 e. The number of hydrogen-bond acceptors (Lipinski definition) is 5. The summed E-state index contributed by atoms with van der Waals surface area (Å²) < 4.78 is 27.4. The van der Waals surface area contributed by atoms with Crippen LogP contribution in [-0.2, 0) is 19.4 Å². The quantitative estimate of drug-likeness (QED) is 0.595. The van der Waals surface area contributed by atoms with Crippen molar-refractivity contribution in [1.82, 2.24) is 10.6 Å². The molecule has 1 saturated heterocycles. The molecule has 8 nitrogen and oxygen atoms in total. The van der Waals surface area contributed by atoms with Crippen molar-refractivity contribution in [2.24, 2.45) is 0 Å². The maximum atomic E-state index is 11.6. The fourth-order valence-electron chi connectivity index (χ4n) is 1.86. The molecule has 0 aromatic rings. The molecular formula is C10H18N2O6S. The van der Waals surface area contributed by atoms with Crippen molar-refractivity contribution >= 4 is 21.8 Å². The van der Waals surface area contributed by atoms with E-state index < -0.39 is 33.9 Å². The number of amides is 2. The number of hydrogen-bond donors (Lipinski definition) is 3. The number of carbonyl (C=O) groups is 2. The van der Waals surface area contributed by atoms with Gasteiger partial charge in [0.1, 0.15) is 0 Å². The highest BCUT2D eigenvalue weighted by atomic mass is 32.2. The van der Waals surface area contributed by atoms with Gasteiger partial charge in [0.15, 0.2) is 15.9 Å². The van der Waals surface area contributed by atoms with Crippen LogP contribution in [0.25, 0.3) is 0 Å². The van der Waals surface area contributed by atoms with E-state index in [1.807, 2.05) is 0 Å². The molecule has 1 fully saturated rings. The Morgan fingerprint density at radius 2 is 2.16 bits per heavy atom. The van der Waals surface area contributed by atoms with Crippen molar-refractivity contribution in [2.75, 3.05) is 25.2 Å². The molecule has 1 aliphatic heterocycles. The lowest BCUT2D eigenvalue weighted by Crippen LogP contribution is -2.52. The standard InChI is InChI=1S/C10H18N2O6S/c1-18-5-8(9(13)14)12-10(15)11-7-3-2-4-19(16,17)6-7/h7-8H,2-6H2,1H3,(H,13,14)(H2,11,12,15). The summed E-state index contributed by atoms with van der Waals surface area (Å²) in [6.45, 7) is -0.161. The highest BCUT2D eigenvalue weighted by molar-refractivity contribution is 7.91. The highest BCUT2D eigenvalue weighted by Crippen LogP contribution is 2.11. The molecule has 2 atom stereocenters. The SMILES string of the molecule is COCC(NC(=O)NC1CCCS(=O)(=O)C1)C(=O)O. The van der Waals surface area contributed by atoms with Gasteiger partial charge in [0.05, 0.1) is 18.1 Å². The van der Waals surface area contributed by atoms with Crippen LogP contribution in [0.3, 0.4) is 0 Å². The molecule has 0 radical (unpaired) electrons. The second-order valence-corrected chi connectivity index (χ2v) is 6.65. The first kappa shape index (κ1) is 15.7. The molecule has 3 N–H and O–H groups in total. The second-order valence-electron chi connectivity index (χ2n) is 4.42. The summed E-state index contributed by atoms with van der Waals surface area (Å²) in [4.78, 5) is 22.4. The minimum absolute atomic E-state index is 0.109. The molecule has 2 unspecified atom stereocenters. The molecular weight excluding hydrogens is 276 g/mol. The number of carboxylic acid groups (broad SMARTS) is 1. The number of urea groups is 1. The third-order valence-corrected chi connectivity index (χ3v) is 4.56. The van der Waals surface area contributed by atoms with Gasteiger partial charge < -0.3 is 20.5 Å². The normalized spacial score (nSPS) is 23.3. The Hall–Kier alpha value is -1.35. The van der Waals surface area contributed by atoms with E-state index in [4.69, 9.17) is 5.11 Å². The van der Waals surface area contributed by atoms with Crippen molar-refractivity contribution < 1.29 is 27.9 Å². The molecule has 0 spiro atoms. The fraction of sp³-hybridized carbons (Fsp3) is 0.800. The Bertz CT molecular complexity index is 435. The predicted molar refractivity (Wildman–Crippen MR) is 66.6 cm³/mol. The summed E-state index contributed by atoms with van der Waals surface area (Å²) in [5.74, 6) is -1.19. The molecule has 9 heteroatoms. The van der Waals surface area contributed by atoms with Gasteiger partial charge in [-0.15, -0.1) is 0 Å². The highest BCUT2D eigenvalue weighted by Gasteiger charge is 2.27. The van der Waals surface area contributed by atoms with Crippen LogP contribution in [0.4, 0.5) is 4.79 Å². The minimum atomic E-state index is -3.12. The van der Waals surface area contributed by atoms with E-state index in [2.05, 4.69) is 15.4 Å². The van der Waals surface area contributed by atoms with Crippen LogP contribution < -0.4 is 10.6 Å². The van der Waals surface area contributed by atoms with Crippen molar-refractivity contribution in [1.29, 1.82) is 0 Å². The van der Waals surface area contributed by atoms with Gasteiger partial charge in [-0.3, -0.25) is 0 Å². The number of aliphatic carboxylic acids is 1. The first-order chi connectivity index (χ1) is 8.84. The molecule has 0 aliphatic carbocycles. The minimum Gasteiger partial charge on any atom is -0.480 e. The summed E-state index contributed by atoms with van der Waals surface area (Å²) in [6.07, 6.45) is 1.06. The van der Waals surface area contributed by atoms with Crippen molar-refractivity contribution in [3.8, 4) is 0 Å². The maximum Gasteiger partial charge on any atom is 0.328 e. The van der Waals surface area contributed by atoms with Gasteiger partial charge in [-0.1, -0.05) is 0 Å². The molecule has 1 heterocycles. The Labute approximate surface area is 111 Å². The van der Waals surface area contributed by atoms with Gasteiger partial charge in [0.25, 0.3) is 0 Å². The lowest BCUT2D eigenvalue weighted by molar-refractivity contribution is -0.140. The number of carbonyl (C=O) groups excluding carboxylic acids is 1. The van der Waals surface area contributed by atoms with Crippen molar-refractivity contribution in [2.45, 2.75) is 24.9 Å². The molecule has 2 amide bonds. The van der Waals surface area contributed by atoms with Crippen LogP contribution in [0, 0.1) is 0 Å². The van der Waals surface area contributed by atoms with Gasteiger partial charge in [0, 0.05) is 13.2 Å². The average Bonchev–Trinajstić information content (AvgIpc) is 2.26. The van der Waals surface area contributed by atoms with Crippen LogP contribution in [-0.4, -0.2) is 62.8 Å². The van der Waals surface area contributed by atoms with Gasteiger partial charge >= 0.3 is 12.0 Å². The van der Waals surface area contributed by atoms with E-state index in [9.17, 15) is 18.0 Å². The van der Waals surface area contributed by atoms with Crippen LogP contribution in [0.1, 0.15) is 12.8 Å². The number of sulfone groups is 1. The molecule has 19 heavy (non-hydrogen) atoms. The van der Waals surface area contributed by atoms with Crippen LogP contribution in [0.15, 0.2) is 0 Å². The topological polar surface area (TPSA) is 122 Å². The number of carboxylic acids is 1. The smallest absolute Gasteiger partial charge is 0.328 e. The zero-order valence-corrected chi connectivity index (χ0v) is 11.4. The fourth-order valence-corrected chi connectivity index (χ4v) is 3.50. The zero-order valence-electron chi connectivity index (χ0n) is 10.6. The van der Waals surface area contributed by atoms with E-state index in [-0.39, 0.29) is 18.1 Å². The van der Waals surface area contributed by atoms with Crippen LogP contribution in [0.2, 0.25) is 0 Å². The van der Waals surface area contributed by atoms with E-state index in [1.165, 1.54) is 7.11 Å². The lowest BCUT2D eigenvalue weighted by atomic mass is 10.2. The lowest BCUT2D eigenvalue weighted by Gasteiger charge is -2.24.